The van der Waals surface area contributed by atoms with Crippen LogP contribution in [0.4, 0.5) is 5.69 Å². The molecular formula is C12H17IN2O. The van der Waals surface area contributed by atoms with E-state index < -0.39 is 0 Å². The highest BCUT2D eigenvalue weighted by atomic mass is 127. The van der Waals surface area contributed by atoms with Gasteiger partial charge in [-0.15, -0.1) is 0 Å². The second-order valence-electron chi connectivity index (χ2n) is 4.66. The third-order valence-electron chi connectivity index (χ3n) is 1.89. The third-order valence-corrected chi connectivity index (χ3v) is 2.56. The lowest BCUT2D eigenvalue weighted by Gasteiger charge is -2.20. The van der Waals surface area contributed by atoms with E-state index in [1.165, 1.54) is 0 Å². The lowest BCUT2D eigenvalue weighted by Crippen LogP contribution is -2.41. The van der Waals surface area contributed by atoms with Gasteiger partial charge in [0, 0.05) is 14.8 Å². The van der Waals surface area contributed by atoms with E-state index in [-0.39, 0.29) is 11.4 Å². The van der Waals surface area contributed by atoms with Crippen molar-refractivity contribution in [2.45, 2.75) is 26.3 Å². The molecule has 1 amide bonds. The highest BCUT2D eigenvalue weighted by molar-refractivity contribution is 14.1. The van der Waals surface area contributed by atoms with Crippen LogP contribution in [-0.2, 0) is 4.79 Å². The van der Waals surface area contributed by atoms with Gasteiger partial charge in [0.25, 0.3) is 0 Å². The van der Waals surface area contributed by atoms with Gasteiger partial charge in [0.05, 0.1) is 6.54 Å². The maximum Gasteiger partial charge on any atom is 0.238 e. The number of hydrogen-bond donors (Lipinski definition) is 2. The van der Waals surface area contributed by atoms with Crippen LogP contribution in [-0.4, -0.2) is 18.0 Å². The molecule has 3 nitrogen and oxygen atoms in total. The molecule has 0 atom stereocenters. The van der Waals surface area contributed by atoms with E-state index in [9.17, 15) is 4.79 Å². The molecule has 0 heterocycles. The molecule has 0 spiro atoms. The van der Waals surface area contributed by atoms with Gasteiger partial charge in [-0.3, -0.25) is 4.79 Å². The molecule has 0 aliphatic heterocycles. The van der Waals surface area contributed by atoms with Crippen molar-refractivity contribution in [3.05, 3.63) is 27.8 Å². The fourth-order valence-electron chi connectivity index (χ4n) is 1.12. The molecular weight excluding hydrogens is 315 g/mol. The maximum atomic E-state index is 11.6. The summed E-state index contributed by atoms with van der Waals surface area (Å²) in [5.41, 5.74) is 0.801. The van der Waals surface area contributed by atoms with Crippen molar-refractivity contribution < 1.29 is 4.79 Å². The van der Waals surface area contributed by atoms with Crippen LogP contribution in [0.25, 0.3) is 0 Å². The molecule has 0 unspecified atom stereocenters. The van der Waals surface area contributed by atoms with Crippen molar-refractivity contribution in [1.82, 2.24) is 5.32 Å². The molecule has 1 aromatic carbocycles. The quantitative estimate of drug-likeness (QED) is 0.836. The SMILES string of the molecule is CC(C)(C)NCC(=O)Nc1cccc(I)c1. The van der Waals surface area contributed by atoms with Crippen LogP contribution in [0.3, 0.4) is 0 Å². The van der Waals surface area contributed by atoms with Crippen molar-refractivity contribution in [1.29, 1.82) is 0 Å². The van der Waals surface area contributed by atoms with Crippen LogP contribution < -0.4 is 10.6 Å². The minimum Gasteiger partial charge on any atom is -0.325 e. The molecule has 0 aromatic heterocycles. The van der Waals surface area contributed by atoms with Gasteiger partial charge in [-0.2, -0.15) is 0 Å². The van der Waals surface area contributed by atoms with Crippen LogP contribution in [0.5, 0.6) is 0 Å². The smallest absolute Gasteiger partial charge is 0.238 e. The first kappa shape index (κ1) is 13.4. The predicted octanol–water partition coefficient (Wildman–Crippen LogP) is 2.62. The Labute approximate surface area is 110 Å². The molecule has 0 aliphatic rings. The van der Waals surface area contributed by atoms with E-state index in [1.54, 1.807) is 0 Å². The van der Waals surface area contributed by atoms with Gasteiger partial charge in [-0.05, 0) is 61.6 Å². The second kappa shape index (κ2) is 5.63. The van der Waals surface area contributed by atoms with Gasteiger partial charge in [0.1, 0.15) is 0 Å². The number of halogens is 1. The monoisotopic (exact) mass is 332 g/mol. The molecule has 0 fully saturated rings. The number of rotatable bonds is 3. The zero-order chi connectivity index (χ0) is 12.2. The zero-order valence-electron chi connectivity index (χ0n) is 9.80. The Hall–Kier alpha value is -0.620. The molecule has 2 N–H and O–H groups in total. The average molecular weight is 332 g/mol. The molecule has 1 aromatic rings. The van der Waals surface area contributed by atoms with E-state index in [4.69, 9.17) is 0 Å². The summed E-state index contributed by atoms with van der Waals surface area (Å²) >= 11 is 2.22. The number of benzene rings is 1. The summed E-state index contributed by atoms with van der Waals surface area (Å²) in [5.74, 6) is -0.0167. The minimum atomic E-state index is -0.0392. The Morgan fingerprint density at radius 1 is 1.38 bits per heavy atom. The van der Waals surface area contributed by atoms with E-state index in [2.05, 4.69) is 33.2 Å². The number of hydrogen-bond acceptors (Lipinski definition) is 2. The first-order chi connectivity index (χ1) is 7.37. The zero-order valence-corrected chi connectivity index (χ0v) is 12.0. The summed E-state index contributed by atoms with van der Waals surface area (Å²) in [6.45, 7) is 6.43. The Bertz CT molecular complexity index is 372. The standard InChI is InChI=1S/C12H17IN2O/c1-12(2,3)14-8-11(16)15-10-6-4-5-9(13)7-10/h4-7,14H,8H2,1-3H3,(H,15,16). The number of carbonyl (C=O) groups is 1. The Morgan fingerprint density at radius 2 is 2.06 bits per heavy atom. The third kappa shape index (κ3) is 5.46. The number of anilines is 1. The summed E-state index contributed by atoms with van der Waals surface area (Å²) in [5, 5.41) is 5.99. The average Bonchev–Trinajstić information content (AvgIpc) is 2.14. The first-order valence-corrected chi connectivity index (χ1v) is 6.25. The second-order valence-corrected chi connectivity index (χ2v) is 5.91. The molecule has 4 heteroatoms. The van der Waals surface area contributed by atoms with Gasteiger partial charge in [0.2, 0.25) is 5.91 Å². The lowest BCUT2D eigenvalue weighted by atomic mass is 10.1. The largest absolute Gasteiger partial charge is 0.325 e. The van der Waals surface area contributed by atoms with Crippen molar-refractivity contribution in [3.63, 3.8) is 0 Å². The molecule has 1 rings (SSSR count). The molecule has 0 saturated heterocycles. The molecule has 0 radical (unpaired) electrons. The fourth-order valence-corrected chi connectivity index (χ4v) is 1.66. The van der Waals surface area contributed by atoms with Crippen LogP contribution in [0.2, 0.25) is 0 Å². The summed E-state index contributed by atoms with van der Waals surface area (Å²) < 4.78 is 1.11. The van der Waals surface area contributed by atoms with Gasteiger partial charge >= 0.3 is 0 Å². The van der Waals surface area contributed by atoms with E-state index in [1.807, 2.05) is 45.0 Å². The molecule has 16 heavy (non-hydrogen) atoms. The summed E-state index contributed by atoms with van der Waals surface area (Å²) in [6.07, 6.45) is 0. The van der Waals surface area contributed by atoms with Crippen LogP contribution >= 0.6 is 22.6 Å². The molecule has 88 valence electrons. The Kier molecular flexibility index (Phi) is 4.73. The first-order valence-electron chi connectivity index (χ1n) is 5.17. The van der Waals surface area contributed by atoms with Crippen molar-refractivity contribution in [2.24, 2.45) is 0 Å². The fraction of sp³-hybridized carbons (Fsp3) is 0.417. The molecule has 0 aliphatic carbocycles. The van der Waals surface area contributed by atoms with Crippen LogP contribution in [0, 0.1) is 3.57 Å². The highest BCUT2D eigenvalue weighted by Gasteiger charge is 2.11. The molecule has 0 bridgehead atoms. The highest BCUT2D eigenvalue weighted by Crippen LogP contribution is 2.12. The number of nitrogens with one attached hydrogen (secondary N) is 2. The van der Waals surface area contributed by atoms with E-state index >= 15 is 0 Å². The summed E-state index contributed by atoms with van der Waals surface area (Å²) in [7, 11) is 0. The topological polar surface area (TPSA) is 41.1 Å². The van der Waals surface area contributed by atoms with Gasteiger partial charge < -0.3 is 10.6 Å². The van der Waals surface area contributed by atoms with Crippen molar-refractivity contribution in [3.8, 4) is 0 Å². The van der Waals surface area contributed by atoms with Crippen LogP contribution in [0.15, 0.2) is 24.3 Å². The minimum absolute atomic E-state index is 0.0167. The normalized spacial score (nSPS) is 11.2. The lowest BCUT2D eigenvalue weighted by molar-refractivity contribution is -0.115. The number of amides is 1. The Morgan fingerprint density at radius 3 is 2.62 bits per heavy atom. The molecule has 0 saturated carbocycles. The maximum absolute atomic E-state index is 11.6. The van der Waals surface area contributed by atoms with Crippen molar-refractivity contribution >= 4 is 34.2 Å². The van der Waals surface area contributed by atoms with Gasteiger partial charge in [-0.1, -0.05) is 6.07 Å². The van der Waals surface area contributed by atoms with E-state index in [0.717, 1.165) is 9.26 Å². The predicted molar refractivity (Wildman–Crippen MR) is 75.5 cm³/mol. The van der Waals surface area contributed by atoms with Gasteiger partial charge in [-0.25, -0.2) is 0 Å². The van der Waals surface area contributed by atoms with Crippen molar-refractivity contribution in [2.75, 3.05) is 11.9 Å². The summed E-state index contributed by atoms with van der Waals surface area (Å²) in [4.78, 5) is 11.6. The summed E-state index contributed by atoms with van der Waals surface area (Å²) in [6, 6.07) is 7.74. The Balaban J connectivity index is 2.46. The number of carbonyl (C=O) groups excluding carboxylic acids is 1. The van der Waals surface area contributed by atoms with Crippen LogP contribution in [0.1, 0.15) is 20.8 Å². The van der Waals surface area contributed by atoms with E-state index in [0.29, 0.717) is 6.54 Å². The van der Waals surface area contributed by atoms with Gasteiger partial charge in [0.15, 0.2) is 0 Å².